The van der Waals surface area contributed by atoms with E-state index in [9.17, 15) is 22.0 Å². The second-order valence-electron chi connectivity index (χ2n) is 2.69. The number of hydrogen-bond donors (Lipinski definition) is 0. The van der Waals surface area contributed by atoms with Gasteiger partial charge in [0.15, 0.2) is 0 Å². The van der Waals surface area contributed by atoms with Crippen LogP contribution in [0.5, 0.6) is 0 Å². The van der Waals surface area contributed by atoms with Crippen LogP contribution in [0.15, 0.2) is 24.3 Å². The van der Waals surface area contributed by atoms with Crippen molar-refractivity contribution in [3.63, 3.8) is 0 Å². The smallest absolute Gasteiger partial charge is 0.214 e. The Balaban J connectivity index is 0. The first-order valence-corrected chi connectivity index (χ1v) is 4.57. The second kappa shape index (κ2) is 11.9. The van der Waals surface area contributed by atoms with Gasteiger partial charge in [-0.15, -0.1) is 0 Å². The predicted molar refractivity (Wildman–Crippen MR) is 54.8 cm³/mol. The van der Waals surface area contributed by atoms with E-state index in [1.165, 1.54) is 11.1 Å². The molecule has 1 aromatic rings. The lowest BCUT2D eigenvalue weighted by atomic mass is 10.1. The van der Waals surface area contributed by atoms with Crippen molar-refractivity contribution in [1.82, 2.24) is 0 Å². The molecule has 16 heavy (non-hydrogen) atoms. The standard InChI is InChI=1S/C9H12.CHF3.CH2F2/c1-3-9-6-4-8(2)5-7-9;2-1(3)4;2-1-3/h4-7H,3H2,1-2H3;1H;1H2. The number of benzene rings is 1. The molecule has 0 saturated carbocycles. The number of hydrogen-bond acceptors (Lipinski definition) is 0. The third kappa shape index (κ3) is 15.3. The zero-order valence-electron chi connectivity index (χ0n) is 9.19. The van der Waals surface area contributed by atoms with E-state index in [1.54, 1.807) is 0 Å². The third-order valence-corrected chi connectivity index (χ3v) is 1.53. The normalized spacial score (nSPS) is 8.75. The lowest BCUT2D eigenvalue weighted by Crippen LogP contribution is -1.77. The first kappa shape index (κ1) is 17.3. The van der Waals surface area contributed by atoms with Gasteiger partial charge in [-0.25, -0.2) is 8.78 Å². The summed E-state index contributed by atoms with van der Waals surface area (Å²) in [7, 11) is 0. The first-order valence-electron chi connectivity index (χ1n) is 4.57. The number of rotatable bonds is 1. The maximum atomic E-state index is 9.67. The highest BCUT2D eigenvalue weighted by Gasteiger charge is 1.86. The van der Waals surface area contributed by atoms with Crippen LogP contribution in [0.25, 0.3) is 0 Å². The number of halogens is 5. The second-order valence-corrected chi connectivity index (χ2v) is 2.69. The van der Waals surface area contributed by atoms with E-state index < -0.39 is 13.6 Å². The fraction of sp³-hybridized carbons (Fsp3) is 0.455. The Morgan fingerprint density at radius 2 is 1.31 bits per heavy atom. The summed E-state index contributed by atoms with van der Waals surface area (Å²) in [6.07, 6.45) is 1.14. The molecule has 0 atom stereocenters. The summed E-state index contributed by atoms with van der Waals surface area (Å²) in [5.74, 6) is 0. The highest BCUT2D eigenvalue weighted by molar-refractivity contribution is 5.20. The summed E-state index contributed by atoms with van der Waals surface area (Å²) in [5.41, 5.74) is 2.76. The van der Waals surface area contributed by atoms with E-state index >= 15 is 0 Å². The Morgan fingerprint density at radius 3 is 1.56 bits per heavy atom. The minimum Gasteiger partial charge on any atom is -0.214 e. The average molecular weight is 242 g/mol. The Bertz CT molecular complexity index is 230. The summed E-state index contributed by atoms with van der Waals surface area (Å²) in [4.78, 5) is 0. The van der Waals surface area contributed by atoms with Crippen molar-refractivity contribution >= 4 is 0 Å². The summed E-state index contributed by atoms with van der Waals surface area (Å²) in [6, 6.07) is 8.66. The van der Waals surface area contributed by atoms with Crippen LogP contribution < -0.4 is 0 Å². The fourth-order valence-corrected chi connectivity index (χ4v) is 0.824. The van der Waals surface area contributed by atoms with Crippen molar-refractivity contribution < 1.29 is 22.0 Å². The largest absolute Gasteiger partial charge is 0.379 e. The molecule has 1 aromatic carbocycles. The molecular formula is C11H15F5. The van der Waals surface area contributed by atoms with Crippen molar-refractivity contribution in [2.75, 3.05) is 6.93 Å². The molecule has 0 radical (unpaired) electrons. The van der Waals surface area contributed by atoms with Crippen LogP contribution in [0, 0.1) is 6.92 Å². The van der Waals surface area contributed by atoms with Crippen LogP contribution in [0.1, 0.15) is 18.1 Å². The zero-order valence-corrected chi connectivity index (χ0v) is 9.19. The fourth-order valence-electron chi connectivity index (χ4n) is 0.824. The van der Waals surface area contributed by atoms with Gasteiger partial charge in [0.25, 0.3) is 0 Å². The molecule has 0 aliphatic rings. The highest BCUT2D eigenvalue weighted by Crippen LogP contribution is 2.02. The maximum absolute atomic E-state index is 9.67. The van der Waals surface area contributed by atoms with Crippen LogP contribution in [0.3, 0.4) is 0 Å². The van der Waals surface area contributed by atoms with Crippen molar-refractivity contribution in [3.05, 3.63) is 35.4 Å². The zero-order chi connectivity index (χ0) is 13.0. The number of aryl methyl sites for hydroxylation is 2. The van der Waals surface area contributed by atoms with Gasteiger partial charge in [0.1, 0.15) is 0 Å². The van der Waals surface area contributed by atoms with Crippen molar-refractivity contribution in [2.24, 2.45) is 0 Å². The molecule has 1 rings (SSSR count). The molecule has 0 nitrogen and oxygen atoms in total. The molecule has 0 saturated heterocycles. The van der Waals surface area contributed by atoms with Gasteiger partial charge in [-0.1, -0.05) is 36.8 Å². The van der Waals surface area contributed by atoms with Crippen LogP contribution in [-0.2, 0) is 6.42 Å². The van der Waals surface area contributed by atoms with Gasteiger partial charge >= 0.3 is 6.68 Å². The quantitative estimate of drug-likeness (QED) is 0.630. The van der Waals surface area contributed by atoms with Crippen LogP contribution in [-0.4, -0.2) is 13.6 Å². The third-order valence-electron chi connectivity index (χ3n) is 1.53. The molecule has 0 aromatic heterocycles. The summed E-state index contributed by atoms with van der Waals surface area (Å²) < 4.78 is 48.2. The molecule has 94 valence electrons. The SMILES string of the molecule is CCc1ccc(C)cc1.FC(F)F.FCF. The maximum Gasteiger partial charge on any atom is 0.379 e. The Morgan fingerprint density at radius 1 is 1.00 bits per heavy atom. The molecule has 0 aliphatic carbocycles. The van der Waals surface area contributed by atoms with Crippen molar-refractivity contribution in [3.8, 4) is 0 Å². The van der Waals surface area contributed by atoms with Crippen molar-refractivity contribution in [2.45, 2.75) is 26.9 Å². The van der Waals surface area contributed by atoms with E-state index in [0.717, 1.165) is 6.42 Å². The molecular weight excluding hydrogens is 227 g/mol. The topological polar surface area (TPSA) is 0 Å². The minimum atomic E-state index is -3.67. The van der Waals surface area contributed by atoms with E-state index in [2.05, 4.69) is 38.1 Å². The molecule has 0 bridgehead atoms. The Kier molecular flexibility index (Phi) is 12.9. The summed E-state index contributed by atoms with van der Waals surface area (Å²) >= 11 is 0. The molecule has 0 fully saturated rings. The van der Waals surface area contributed by atoms with Gasteiger partial charge in [0, 0.05) is 0 Å². The lowest BCUT2D eigenvalue weighted by Gasteiger charge is -1.94. The van der Waals surface area contributed by atoms with Crippen LogP contribution in [0.2, 0.25) is 0 Å². The molecule has 0 unspecified atom stereocenters. The Hall–Kier alpha value is -1.13. The van der Waals surface area contributed by atoms with Crippen molar-refractivity contribution in [1.29, 1.82) is 0 Å². The van der Waals surface area contributed by atoms with Crippen LogP contribution >= 0.6 is 0 Å². The van der Waals surface area contributed by atoms with E-state index in [-0.39, 0.29) is 0 Å². The molecule has 0 heterocycles. The van der Waals surface area contributed by atoms with Gasteiger partial charge in [-0.05, 0) is 18.9 Å². The monoisotopic (exact) mass is 242 g/mol. The minimum absolute atomic E-state index is 1.14. The first-order chi connectivity index (χ1) is 7.47. The van der Waals surface area contributed by atoms with Gasteiger partial charge < -0.3 is 0 Å². The van der Waals surface area contributed by atoms with Gasteiger partial charge in [-0.3, -0.25) is 0 Å². The molecule has 0 N–H and O–H groups in total. The average Bonchev–Trinajstić information content (AvgIpc) is 2.19. The molecule has 0 aliphatic heterocycles. The van der Waals surface area contributed by atoms with Gasteiger partial charge in [0.2, 0.25) is 6.93 Å². The van der Waals surface area contributed by atoms with Crippen LogP contribution in [0.4, 0.5) is 22.0 Å². The Labute approximate surface area is 92.1 Å². The van der Waals surface area contributed by atoms with E-state index in [4.69, 9.17) is 0 Å². The predicted octanol–water partition coefficient (Wildman–Crippen LogP) is 4.62. The summed E-state index contributed by atoms with van der Waals surface area (Å²) in [5, 5.41) is 0. The molecule has 0 amide bonds. The summed E-state index contributed by atoms with van der Waals surface area (Å²) in [6.45, 7) is -1.13. The van der Waals surface area contributed by atoms with E-state index in [1.807, 2.05) is 0 Å². The molecule has 0 spiro atoms. The molecule has 5 heteroatoms. The highest BCUT2D eigenvalue weighted by atomic mass is 19.4. The van der Waals surface area contributed by atoms with Gasteiger partial charge in [-0.2, -0.15) is 13.2 Å². The lowest BCUT2D eigenvalue weighted by molar-refractivity contribution is 0.00819. The number of alkyl halides is 5. The van der Waals surface area contributed by atoms with Gasteiger partial charge in [0.05, 0.1) is 0 Å². The van der Waals surface area contributed by atoms with E-state index in [0.29, 0.717) is 0 Å².